The third-order valence-electron chi connectivity index (χ3n) is 9.08. The Kier molecular flexibility index (Phi) is 7.65. The van der Waals surface area contributed by atoms with E-state index in [0.717, 1.165) is 49.3 Å². The van der Waals surface area contributed by atoms with Gasteiger partial charge in [0.25, 0.3) is 0 Å². The van der Waals surface area contributed by atoms with Crippen molar-refractivity contribution in [3.8, 4) is 35.2 Å². The highest BCUT2D eigenvalue weighted by molar-refractivity contribution is 7.23. The number of nitrogen functional groups attached to an aromatic ring is 1. The molecule has 0 amide bonds. The molecule has 236 valence electrons. The van der Waals surface area contributed by atoms with E-state index in [1.165, 1.54) is 12.1 Å². The van der Waals surface area contributed by atoms with Gasteiger partial charge < -0.3 is 24.8 Å². The van der Waals surface area contributed by atoms with Crippen LogP contribution in [-0.4, -0.2) is 73.0 Å². The Morgan fingerprint density at radius 2 is 2.17 bits per heavy atom. The lowest BCUT2D eigenvalue weighted by Gasteiger charge is -2.31. The maximum absolute atomic E-state index is 17.1. The Labute approximate surface area is 273 Å². The third-order valence-corrected chi connectivity index (χ3v) is 10.5. The lowest BCUT2D eigenvalue weighted by atomic mass is 9.94. The van der Waals surface area contributed by atoms with Gasteiger partial charge in [-0.25, -0.2) is 13.6 Å². The average Bonchev–Trinajstić information content (AvgIpc) is 3.65. The summed E-state index contributed by atoms with van der Waals surface area (Å²) >= 11 is 7.91. The monoisotopic (exact) mass is 662 g/mol. The lowest BCUT2D eigenvalue weighted by molar-refractivity contribution is 0.108. The number of thiophene rings is 1. The summed E-state index contributed by atoms with van der Waals surface area (Å²) in [6, 6.07) is 1.93. The minimum absolute atomic E-state index is 0.00434. The first-order valence-electron chi connectivity index (χ1n) is 14.7. The summed E-state index contributed by atoms with van der Waals surface area (Å²) in [6.07, 6.45) is 8.74. The SMILES string of the molecule is [C-]#[N+]c1c(N)sc2c(F)ccc(-c3c(Cl)c4c5c(nc(OC[C@@]67CCCN6CC(=C)C7)nc5c3F)N(CCOC)C(C#C)CO4)c12. The largest absolute Gasteiger partial charge is 0.488 e. The molecule has 0 bridgehead atoms. The summed E-state index contributed by atoms with van der Waals surface area (Å²) in [5.41, 5.74) is 6.98. The number of anilines is 2. The summed E-state index contributed by atoms with van der Waals surface area (Å²) in [4.78, 5) is 17.1. The second kappa shape index (κ2) is 11.6. The molecule has 2 atom stereocenters. The summed E-state index contributed by atoms with van der Waals surface area (Å²) in [5, 5.41) is 0.403. The first-order valence-corrected chi connectivity index (χ1v) is 15.9. The predicted molar refractivity (Wildman–Crippen MR) is 176 cm³/mol. The topological polar surface area (TPSA) is 90.3 Å². The zero-order valence-corrected chi connectivity index (χ0v) is 26.5. The van der Waals surface area contributed by atoms with Crippen LogP contribution in [0, 0.1) is 30.6 Å². The highest BCUT2D eigenvalue weighted by Crippen LogP contribution is 2.53. The van der Waals surface area contributed by atoms with E-state index >= 15 is 4.39 Å². The number of hydrogen-bond acceptors (Lipinski definition) is 9. The zero-order valence-electron chi connectivity index (χ0n) is 25.0. The van der Waals surface area contributed by atoms with Gasteiger partial charge in [0.05, 0.1) is 38.8 Å². The summed E-state index contributed by atoms with van der Waals surface area (Å²) in [7, 11) is 1.57. The first kappa shape index (κ1) is 30.5. The second-order valence-corrected chi connectivity index (χ2v) is 13.2. The van der Waals surface area contributed by atoms with Crippen LogP contribution in [0.3, 0.4) is 0 Å². The third kappa shape index (κ3) is 4.63. The van der Waals surface area contributed by atoms with Gasteiger partial charge in [0.15, 0.2) is 11.6 Å². The van der Waals surface area contributed by atoms with Crippen molar-refractivity contribution in [3.05, 3.63) is 52.4 Å². The smallest absolute Gasteiger partial charge is 0.319 e. The number of rotatable bonds is 7. The van der Waals surface area contributed by atoms with Crippen LogP contribution in [0.5, 0.6) is 11.8 Å². The van der Waals surface area contributed by atoms with Crippen LogP contribution >= 0.6 is 22.9 Å². The number of benzene rings is 2. The Bertz CT molecular complexity index is 2020. The molecule has 3 aliphatic rings. The van der Waals surface area contributed by atoms with E-state index in [4.69, 9.17) is 49.5 Å². The minimum Gasteiger partial charge on any atom is -0.488 e. The molecular weight excluding hydrogens is 634 g/mol. The summed E-state index contributed by atoms with van der Waals surface area (Å²) in [5.74, 6) is 1.76. The number of aromatic nitrogens is 2. The van der Waals surface area contributed by atoms with Crippen molar-refractivity contribution in [1.82, 2.24) is 14.9 Å². The van der Waals surface area contributed by atoms with Gasteiger partial charge >= 0.3 is 6.01 Å². The molecule has 0 saturated carbocycles. The van der Waals surface area contributed by atoms with Crippen LogP contribution in [0.15, 0.2) is 24.3 Å². The number of terminal acetylenes is 1. The Morgan fingerprint density at radius 3 is 2.93 bits per heavy atom. The van der Waals surface area contributed by atoms with E-state index in [2.05, 4.69) is 27.2 Å². The quantitative estimate of drug-likeness (QED) is 0.135. The molecule has 5 heterocycles. The number of nitrogens with two attached hydrogens (primary N) is 1. The van der Waals surface area contributed by atoms with Gasteiger partial charge in [-0.15, -0.1) is 17.8 Å². The van der Waals surface area contributed by atoms with Crippen molar-refractivity contribution in [2.75, 3.05) is 57.2 Å². The van der Waals surface area contributed by atoms with Gasteiger partial charge in [-0.1, -0.05) is 35.7 Å². The number of nitrogens with zero attached hydrogens (tertiary/aromatic N) is 5. The molecule has 2 aromatic carbocycles. The fraction of sp³-hybridized carbons (Fsp3) is 0.364. The molecule has 1 unspecified atom stereocenters. The number of methoxy groups -OCH3 is 1. The molecule has 2 aromatic heterocycles. The number of fused-ring (bicyclic) bond motifs is 2. The molecule has 2 fully saturated rings. The van der Waals surface area contributed by atoms with Gasteiger partial charge in [0, 0.05) is 31.1 Å². The van der Waals surface area contributed by atoms with Crippen LogP contribution in [-0.2, 0) is 4.74 Å². The molecule has 7 rings (SSSR count). The van der Waals surface area contributed by atoms with Crippen LogP contribution in [0.4, 0.5) is 25.3 Å². The standard InChI is InChI=1S/C33H29ClF2N6O3S/c1-5-18-15-44-28-23-26(25(36)21(24(28)34)19-7-8-20(35)29-22(19)27(38-3)30(37)46-29)39-32(40-31(23)42(18)11-12-43-4)45-16-33-9-6-10-41(33)14-17(2)13-33/h1,7-8,18H,2,6,9-16,37H2,4H3/t18?,33-/m0/s1. The molecular formula is C33H29ClF2N6O3S. The fourth-order valence-corrected chi connectivity index (χ4v) is 8.28. The van der Waals surface area contributed by atoms with Crippen molar-refractivity contribution < 1.29 is 23.0 Å². The fourth-order valence-electron chi connectivity index (χ4n) is 7.01. The van der Waals surface area contributed by atoms with Crippen molar-refractivity contribution in [2.45, 2.75) is 30.8 Å². The molecule has 13 heteroatoms. The van der Waals surface area contributed by atoms with Gasteiger partial charge in [0.1, 0.15) is 36.4 Å². The van der Waals surface area contributed by atoms with Crippen molar-refractivity contribution in [2.24, 2.45) is 0 Å². The van der Waals surface area contributed by atoms with Crippen LogP contribution < -0.4 is 20.1 Å². The Morgan fingerprint density at radius 1 is 1.35 bits per heavy atom. The van der Waals surface area contributed by atoms with E-state index in [-0.39, 0.29) is 71.7 Å². The second-order valence-electron chi connectivity index (χ2n) is 11.8. The highest BCUT2D eigenvalue weighted by atomic mass is 35.5. The molecule has 2 saturated heterocycles. The number of halogens is 3. The molecule has 0 spiro atoms. The van der Waals surface area contributed by atoms with Gasteiger partial charge in [0.2, 0.25) is 5.69 Å². The van der Waals surface area contributed by atoms with Gasteiger partial charge in [-0.05, 0) is 37.4 Å². The maximum Gasteiger partial charge on any atom is 0.319 e. The van der Waals surface area contributed by atoms with Gasteiger partial charge in [-0.3, -0.25) is 4.90 Å². The highest BCUT2D eigenvalue weighted by Gasteiger charge is 2.46. The molecule has 4 aromatic rings. The van der Waals surface area contributed by atoms with Crippen LogP contribution in [0.25, 0.3) is 37.0 Å². The van der Waals surface area contributed by atoms with E-state index in [1.54, 1.807) is 12.0 Å². The molecule has 3 aliphatic heterocycles. The van der Waals surface area contributed by atoms with Crippen molar-refractivity contribution in [1.29, 1.82) is 0 Å². The van der Waals surface area contributed by atoms with Crippen molar-refractivity contribution in [3.63, 3.8) is 0 Å². The Hall–Kier alpha value is -4.20. The normalized spacial score (nSPS) is 20.9. The lowest BCUT2D eigenvalue weighted by Crippen LogP contribution is -2.43. The molecule has 0 radical (unpaired) electrons. The van der Waals surface area contributed by atoms with E-state index < -0.39 is 17.7 Å². The van der Waals surface area contributed by atoms with E-state index in [9.17, 15) is 4.39 Å². The zero-order chi connectivity index (χ0) is 32.3. The molecule has 9 nitrogen and oxygen atoms in total. The molecule has 46 heavy (non-hydrogen) atoms. The Balaban J connectivity index is 1.47. The van der Waals surface area contributed by atoms with Crippen LogP contribution in [0.1, 0.15) is 19.3 Å². The molecule has 2 N–H and O–H groups in total. The maximum atomic E-state index is 17.1. The van der Waals surface area contributed by atoms with E-state index in [1.807, 2.05) is 0 Å². The predicted octanol–water partition coefficient (Wildman–Crippen LogP) is 6.60. The van der Waals surface area contributed by atoms with E-state index in [0.29, 0.717) is 25.6 Å². The van der Waals surface area contributed by atoms with Crippen LogP contribution in [0.2, 0.25) is 5.02 Å². The average molecular weight is 663 g/mol. The number of ether oxygens (including phenoxy) is 3. The van der Waals surface area contributed by atoms with Gasteiger partial charge in [-0.2, -0.15) is 9.97 Å². The van der Waals surface area contributed by atoms with Crippen molar-refractivity contribution >= 4 is 60.4 Å². The minimum atomic E-state index is -0.810. The molecule has 0 aliphatic carbocycles. The summed E-state index contributed by atoms with van der Waals surface area (Å²) < 4.78 is 50.1. The number of hydrogen-bond donors (Lipinski definition) is 1. The summed E-state index contributed by atoms with van der Waals surface area (Å²) in [6.45, 7) is 14.6. The first-order chi connectivity index (χ1) is 22.2.